The van der Waals surface area contributed by atoms with E-state index in [0.29, 0.717) is 30.4 Å². The summed E-state index contributed by atoms with van der Waals surface area (Å²) in [7, 11) is 0. The molecule has 1 unspecified atom stereocenters. The summed E-state index contributed by atoms with van der Waals surface area (Å²) in [6.07, 6.45) is 1.53. The molecule has 0 bridgehead atoms. The van der Waals surface area contributed by atoms with Gasteiger partial charge in [-0.2, -0.15) is 0 Å². The topological polar surface area (TPSA) is 86.5 Å². The molecule has 2 aromatic rings. The summed E-state index contributed by atoms with van der Waals surface area (Å²) in [5.74, 6) is 0.365. The van der Waals surface area contributed by atoms with E-state index in [1.807, 2.05) is 6.07 Å². The van der Waals surface area contributed by atoms with E-state index in [1.54, 1.807) is 19.1 Å². The van der Waals surface area contributed by atoms with Gasteiger partial charge in [0.05, 0.1) is 11.9 Å². The molecule has 1 aliphatic rings. The Kier molecular flexibility index (Phi) is 3.02. The molecule has 3 rings (SSSR count). The molecule has 104 valence electrons. The second-order valence-electron chi connectivity index (χ2n) is 4.44. The third-order valence-electron chi connectivity index (χ3n) is 3.14. The van der Waals surface area contributed by atoms with E-state index < -0.39 is 12.0 Å². The second-order valence-corrected chi connectivity index (χ2v) is 4.44. The quantitative estimate of drug-likeness (QED) is 0.910. The first-order chi connectivity index (χ1) is 9.66. The molecule has 0 aliphatic carbocycles. The Morgan fingerprint density at radius 3 is 2.85 bits per heavy atom. The number of hydrogen-bond donors (Lipinski definition) is 1. The predicted octanol–water partition coefficient (Wildman–Crippen LogP) is 1.36. The number of benzene rings is 1. The van der Waals surface area contributed by atoms with Crippen LogP contribution >= 0.6 is 0 Å². The lowest BCUT2D eigenvalue weighted by molar-refractivity contribution is -0.140. The molecular formula is C13H13N3O4. The van der Waals surface area contributed by atoms with Crippen LogP contribution in [0.2, 0.25) is 0 Å². The first-order valence-electron chi connectivity index (χ1n) is 6.20. The Morgan fingerprint density at radius 1 is 1.35 bits per heavy atom. The van der Waals surface area contributed by atoms with Gasteiger partial charge in [0.2, 0.25) is 0 Å². The van der Waals surface area contributed by atoms with E-state index in [9.17, 15) is 4.79 Å². The number of rotatable bonds is 3. The fraction of sp³-hybridized carbons (Fsp3) is 0.308. The Hall–Kier alpha value is -2.57. The van der Waals surface area contributed by atoms with Gasteiger partial charge >= 0.3 is 5.97 Å². The van der Waals surface area contributed by atoms with Crippen LogP contribution in [0.3, 0.4) is 0 Å². The van der Waals surface area contributed by atoms with Crippen LogP contribution in [0.4, 0.5) is 0 Å². The first kappa shape index (κ1) is 12.5. The number of carboxylic acids is 1. The van der Waals surface area contributed by atoms with Gasteiger partial charge in [0.25, 0.3) is 0 Å². The minimum absolute atomic E-state index is 0.499. The van der Waals surface area contributed by atoms with E-state index in [0.717, 1.165) is 5.56 Å². The van der Waals surface area contributed by atoms with Crippen molar-refractivity contribution in [3.63, 3.8) is 0 Å². The lowest BCUT2D eigenvalue weighted by Gasteiger charge is -2.19. The molecule has 0 spiro atoms. The van der Waals surface area contributed by atoms with Gasteiger partial charge in [-0.15, -0.1) is 5.10 Å². The molecule has 0 radical (unpaired) electrons. The molecule has 0 saturated carbocycles. The van der Waals surface area contributed by atoms with Gasteiger partial charge in [-0.3, -0.25) is 0 Å². The van der Waals surface area contributed by atoms with E-state index in [4.69, 9.17) is 14.6 Å². The highest BCUT2D eigenvalue weighted by Crippen LogP contribution is 2.34. The Labute approximate surface area is 114 Å². The van der Waals surface area contributed by atoms with E-state index >= 15 is 0 Å². The van der Waals surface area contributed by atoms with Crippen LogP contribution in [-0.2, 0) is 4.79 Å². The van der Waals surface area contributed by atoms with Crippen LogP contribution in [0, 0.1) is 0 Å². The molecule has 1 atom stereocenters. The zero-order valence-electron chi connectivity index (χ0n) is 10.8. The van der Waals surface area contributed by atoms with Crippen molar-refractivity contribution in [2.75, 3.05) is 13.2 Å². The monoisotopic (exact) mass is 275 g/mol. The highest BCUT2D eigenvalue weighted by molar-refractivity contribution is 5.73. The Bertz CT molecular complexity index is 653. The highest BCUT2D eigenvalue weighted by Gasteiger charge is 2.20. The fourth-order valence-corrected chi connectivity index (χ4v) is 2.04. The minimum atomic E-state index is -0.964. The van der Waals surface area contributed by atoms with Crippen LogP contribution in [-0.4, -0.2) is 39.3 Å². The molecule has 0 saturated heterocycles. The van der Waals surface area contributed by atoms with Crippen molar-refractivity contribution in [1.82, 2.24) is 15.0 Å². The van der Waals surface area contributed by atoms with Crippen molar-refractivity contribution in [3.05, 3.63) is 24.4 Å². The summed E-state index contributed by atoms with van der Waals surface area (Å²) in [4.78, 5) is 11.1. The zero-order valence-corrected chi connectivity index (χ0v) is 10.8. The van der Waals surface area contributed by atoms with Crippen LogP contribution in [0.1, 0.15) is 13.0 Å². The van der Waals surface area contributed by atoms with Gasteiger partial charge < -0.3 is 14.6 Å². The Morgan fingerprint density at radius 2 is 2.10 bits per heavy atom. The van der Waals surface area contributed by atoms with E-state index in [-0.39, 0.29) is 0 Å². The standard InChI is InChI=1S/C13H13N3O4/c1-8(13(17)18)16-10(7-14-15-16)9-2-3-11-12(6-9)20-5-4-19-11/h2-3,6-8H,4-5H2,1H3,(H,17,18). The maximum absolute atomic E-state index is 11.1. The summed E-state index contributed by atoms with van der Waals surface area (Å²) < 4.78 is 12.3. The summed E-state index contributed by atoms with van der Waals surface area (Å²) in [6, 6.07) is 4.64. The number of nitrogens with zero attached hydrogens (tertiary/aromatic N) is 3. The molecule has 0 fully saturated rings. The van der Waals surface area contributed by atoms with Crippen LogP contribution < -0.4 is 9.47 Å². The number of aromatic nitrogens is 3. The predicted molar refractivity (Wildman–Crippen MR) is 68.8 cm³/mol. The number of carbonyl (C=O) groups is 1. The lowest BCUT2D eigenvalue weighted by atomic mass is 10.1. The number of carboxylic acid groups (broad SMARTS) is 1. The molecule has 20 heavy (non-hydrogen) atoms. The van der Waals surface area contributed by atoms with Crippen molar-refractivity contribution in [3.8, 4) is 22.8 Å². The van der Waals surface area contributed by atoms with E-state index in [2.05, 4.69) is 10.3 Å². The van der Waals surface area contributed by atoms with Crippen molar-refractivity contribution >= 4 is 5.97 Å². The van der Waals surface area contributed by atoms with Crippen molar-refractivity contribution in [1.29, 1.82) is 0 Å². The molecule has 7 heteroatoms. The third kappa shape index (κ3) is 2.07. The molecule has 1 N–H and O–H groups in total. The van der Waals surface area contributed by atoms with Crippen LogP contribution in [0.5, 0.6) is 11.5 Å². The van der Waals surface area contributed by atoms with Gasteiger partial charge in [-0.25, -0.2) is 9.48 Å². The molecular weight excluding hydrogens is 262 g/mol. The average Bonchev–Trinajstić information content (AvgIpc) is 2.95. The minimum Gasteiger partial charge on any atom is -0.486 e. The molecule has 7 nitrogen and oxygen atoms in total. The largest absolute Gasteiger partial charge is 0.486 e. The summed E-state index contributed by atoms with van der Waals surface area (Å²) in [5.41, 5.74) is 1.41. The van der Waals surface area contributed by atoms with Crippen molar-refractivity contribution < 1.29 is 19.4 Å². The number of hydrogen-bond acceptors (Lipinski definition) is 5. The SMILES string of the molecule is CC(C(=O)O)n1nncc1-c1ccc2c(c1)OCCO2. The first-order valence-corrected chi connectivity index (χ1v) is 6.20. The van der Waals surface area contributed by atoms with Gasteiger partial charge in [-0.05, 0) is 25.1 Å². The molecule has 1 aromatic heterocycles. The van der Waals surface area contributed by atoms with Crippen molar-refractivity contribution in [2.45, 2.75) is 13.0 Å². The van der Waals surface area contributed by atoms with Gasteiger partial charge in [0.1, 0.15) is 19.3 Å². The lowest BCUT2D eigenvalue weighted by Crippen LogP contribution is -2.18. The molecule has 0 amide bonds. The van der Waals surface area contributed by atoms with Crippen molar-refractivity contribution in [2.24, 2.45) is 0 Å². The fourth-order valence-electron chi connectivity index (χ4n) is 2.04. The number of aliphatic carboxylic acids is 1. The summed E-state index contributed by atoms with van der Waals surface area (Å²) in [5, 5.41) is 16.7. The Balaban J connectivity index is 2.01. The maximum atomic E-state index is 11.1. The second kappa shape index (κ2) is 4.84. The van der Waals surface area contributed by atoms with Crippen LogP contribution in [0.25, 0.3) is 11.3 Å². The normalized spacial score (nSPS) is 14.8. The van der Waals surface area contributed by atoms with Gasteiger partial charge in [0.15, 0.2) is 11.5 Å². The molecule has 2 heterocycles. The smallest absolute Gasteiger partial charge is 0.328 e. The van der Waals surface area contributed by atoms with Gasteiger partial charge in [0, 0.05) is 5.56 Å². The number of fused-ring (bicyclic) bond motifs is 1. The zero-order chi connectivity index (χ0) is 14.1. The average molecular weight is 275 g/mol. The summed E-state index contributed by atoms with van der Waals surface area (Å²) in [6.45, 7) is 2.58. The summed E-state index contributed by atoms with van der Waals surface area (Å²) >= 11 is 0. The third-order valence-corrected chi connectivity index (χ3v) is 3.14. The van der Waals surface area contributed by atoms with Crippen LogP contribution in [0.15, 0.2) is 24.4 Å². The molecule has 1 aliphatic heterocycles. The highest BCUT2D eigenvalue weighted by atomic mass is 16.6. The number of ether oxygens (including phenoxy) is 2. The maximum Gasteiger partial charge on any atom is 0.328 e. The van der Waals surface area contributed by atoms with E-state index in [1.165, 1.54) is 10.9 Å². The van der Waals surface area contributed by atoms with Gasteiger partial charge in [-0.1, -0.05) is 5.21 Å². The molecule has 1 aromatic carbocycles.